The number of amides is 1. The van der Waals surface area contributed by atoms with E-state index in [1.165, 1.54) is 5.56 Å². The van der Waals surface area contributed by atoms with E-state index in [-0.39, 0.29) is 17.7 Å². The number of likely N-dealkylation sites (tertiary alicyclic amines) is 1. The summed E-state index contributed by atoms with van der Waals surface area (Å²) in [7, 11) is 1.90. The third-order valence-corrected chi connectivity index (χ3v) is 8.45. The standard InChI is InChI=1S/C31H39ClN4O2/c1-23(25-6-4-3-5-7-25)21-34(2)31(37)29-20-33-36(28-10-8-27(32)9-11-28)30(29)26-12-16-35(17-13-26)22-24-14-18-38-19-15-24/h3-11,20,23-24,26H,12-19,21-22H2,1-2H3. The third kappa shape index (κ3) is 6.31. The molecule has 2 aliphatic heterocycles. The van der Waals surface area contributed by atoms with Crippen LogP contribution in [0.25, 0.3) is 5.69 Å². The first kappa shape index (κ1) is 26.9. The lowest BCUT2D eigenvalue weighted by atomic mass is 9.89. The number of rotatable bonds is 8. The van der Waals surface area contributed by atoms with E-state index in [9.17, 15) is 4.79 Å². The van der Waals surface area contributed by atoms with Crippen molar-refractivity contribution in [1.82, 2.24) is 19.6 Å². The summed E-state index contributed by atoms with van der Waals surface area (Å²) in [6.07, 6.45) is 6.13. The minimum atomic E-state index is 0.0348. The fraction of sp³-hybridized carbons (Fsp3) is 0.484. The van der Waals surface area contributed by atoms with Crippen LogP contribution in [0.2, 0.25) is 5.02 Å². The number of carbonyl (C=O) groups excluding carboxylic acids is 1. The Bertz CT molecular complexity index is 1180. The van der Waals surface area contributed by atoms with Crippen LogP contribution in [0.15, 0.2) is 60.8 Å². The zero-order chi connectivity index (χ0) is 26.5. The van der Waals surface area contributed by atoms with Crippen molar-refractivity contribution in [2.24, 2.45) is 5.92 Å². The van der Waals surface area contributed by atoms with Crippen molar-refractivity contribution in [1.29, 1.82) is 0 Å². The molecular formula is C31H39ClN4O2. The molecule has 202 valence electrons. The van der Waals surface area contributed by atoms with E-state index in [2.05, 4.69) is 36.1 Å². The number of nitrogens with zero attached hydrogens (tertiary/aromatic N) is 4. The van der Waals surface area contributed by atoms with E-state index in [1.54, 1.807) is 6.20 Å². The van der Waals surface area contributed by atoms with Gasteiger partial charge in [0.25, 0.3) is 5.91 Å². The molecule has 2 fully saturated rings. The first-order valence-corrected chi connectivity index (χ1v) is 14.3. The zero-order valence-electron chi connectivity index (χ0n) is 22.6. The van der Waals surface area contributed by atoms with E-state index >= 15 is 0 Å². The lowest BCUT2D eigenvalue weighted by Crippen LogP contribution is -2.39. The Labute approximate surface area is 231 Å². The van der Waals surface area contributed by atoms with Crippen LogP contribution in [-0.2, 0) is 4.74 Å². The van der Waals surface area contributed by atoms with Crippen LogP contribution in [0.5, 0.6) is 0 Å². The van der Waals surface area contributed by atoms with Crippen molar-refractivity contribution in [3.05, 3.63) is 82.6 Å². The molecule has 38 heavy (non-hydrogen) atoms. The number of carbonyl (C=O) groups is 1. The number of hydrogen-bond donors (Lipinski definition) is 0. The largest absolute Gasteiger partial charge is 0.381 e. The molecule has 2 saturated heterocycles. The average Bonchev–Trinajstić information content (AvgIpc) is 3.39. The van der Waals surface area contributed by atoms with E-state index in [1.807, 2.05) is 47.0 Å². The highest BCUT2D eigenvalue weighted by molar-refractivity contribution is 6.30. The fourth-order valence-corrected chi connectivity index (χ4v) is 6.10. The molecule has 5 rings (SSSR count). The molecule has 0 radical (unpaired) electrons. The van der Waals surface area contributed by atoms with Gasteiger partial charge in [0, 0.05) is 44.3 Å². The number of likely N-dealkylation sites (N-methyl/N-ethyl adjacent to an activating group) is 1. The van der Waals surface area contributed by atoms with Gasteiger partial charge in [0.05, 0.1) is 23.1 Å². The van der Waals surface area contributed by atoms with Crippen LogP contribution in [0.4, 0.5) is 0 Å². The van der Waals surface area contributed by atoms with Gasteiger partial charge < -0.3 is 14.5 Å². The third-order valence-electron chi connectivity index (χ3n) is 8.20. The second-order valence-corrected chi connectivity index (χ2v) is 11.4. The normalized spacial score (nSPS) is 18.4. The predicted octanol–water partition coefficient (Wildman–Crippen LogP) is 6.01. The first-order valence-electron chi connectivity index (χ1n) is 13.9. The van der Waals surface area contributed by atoms with Gasteiger partial charge in [0.2, 0.25) is 0 Å². The Morgan fingerprint density at radius 2 is 1.74 bits per heavy atom. The van der Waals surface area contributed by atoms with Gasteiger partial charge in [-0.1, -0.05) is 48.9 Å². The lowest BCUT2D eigenvalue weighted by molar-refractivity contribution is 0.0486. The molecule has 1 unspecified atom stereocenters. The average molecular weight is 535 g/mol. The topological polar surface area (TPSA) is 50.6 Å². The molecule has 1 amide bonds. The van der Waals surface area contributed by atoms with E-state index in [4.69, 9.17) is 21.4 Å². The van der Waals surface area contributed by atoms with E-state index in [0.29, 0.717) is 17.1 Å². The van der Waals surface area contributed by atoms with Crippen LogP contribution in [0.1, 0.15) is 66.1 Å². The first-order chi connectivity index (χ1) is 18.5. The molecule has 2 aromatic carbocycles. The molecule has 1 aromatic heterocycles. The van der Waals surface area contributed by atoms with Crippen molar-refractivity contribution < 1.29 is 9.53 Å². The Morgan fingerprint density at radius 1 is 1.05 bits per heavy atom. The number of benzene rings is 2. The van der Waals surface area contributed by atoms with Crippen LogP contribution in [0.3, 0.4) is 0 Å². The number of hydrogen-bond acceptors (Lipinski definition) is 4. The minimum Gasteiger partial charge on any atom is -0.381 e. The highest BCUT2D eigenvalue weighted by Crippen LogP contribution is 2.34. The molecule has 6 nitrogen and oxygen atoms in total. The van der Waals surface area contributed by atoms with Gasteiger partial charge in [-0.2, -0.15) is 5.10 Å². The van der Waals surface area contributed by atoms with Crippen LogP contribution >= 0.6 is 11.6 Å². The summed E-state index contributed by atoms with van der Waals surface area (Å²) in [4.78, 5) is 18.3. The molecule has 0 aliphatic carbocycles. The maximum Gasteiger partial charge on any atom is 0.257 e. The molecule has 0 spiro atoms. The van der Waals surface area contributed by atoms with Crippen molar-refractivity contribution in [3.8, 4) is 5.69 Å². The Balaban J connectivity index is 1.35. The van der Waals surface area contributed by atoms with E-state index in [0.717, 1.165) is 75.8 Å². The van der Waals surface area contributed by atoms with E-state index < -0.39 is 0 Å². The van der Waals surface area contributed by atoms with Gasteiger partial charge in [0.15, 0.2) is 0 Å². The number of aromatic nitrogens is 2. The van der Waals surface area contributed by atoms with Gasteiger partial charge in [-0.15, -0.1) is 0 Å². The van der Waals surface area contributed by atoms with Crippen molar-refractivity contribution >= 4 is 17.5 Å². The monoisotopic (exact) mass is 534 g/mol. The Kier molecular flexibility index (Phi) is 8.82. The second kappa shape index (κ2) is 12.5. The van der Waals surface area contributed by atoms with Crippen LogP contribution in [-0.4, -0.2) is 71.9 Å². The number of ether oxygens (including phenoxy) is 1. The van der Waals surface area contributed by atoms with Crippen LogP contribution < -0.4 is 0 Å². The van der Waals surface area contributed by atoms with Crippen LogP contribution in [0, 0.1) is 5.92 Å². The van der Waals surface area contributed by atoms with Gasteiger partial charge in [-0.3, -0.25) is 4.79 Å². The summed E-state index contributed by atoms with van der Waals surface area (Å²) in [5.41, 5.74) is 3.92. The molecule has 0 N–H and O–H groups in total. The van der Waals surface area contributed by atoms with Gasteiger partial charge >= 0.3 is 0 Å². The molecule has 2 aliphatic rings. The van der Waals surface area contributed by atoms with Gasteiger partial charge in [-0.25, -0.2) is 4.68 Å². The number of piperidine rings is 1. The number of halogens is 1. The summed E-state index contributed by atoms with van der Waals surface area (Å²) in [5, 5.41) is 5.43. The lowest BCUT2D eigenvalue weighted by Gasteiger charge is -2.36. The quantitative estimate of drug-likeness (QED) is 0.355. The summed E-state index contributed by atoms with van der Waals surface area (Å²) in [6.45, 7) is 7.85. The fourth-order valence-electron chi connectivity index (χ4n) is 5.97. The molecule has 3 aromatic rings. The highest BCUT2D eigenvalue weighted by Gasteiger charge is 2.31. The molecule has 7 heteroatoms. The SMILES string of the molecule is CC(CN(C)C(=O)c1cnn(-c2ccc(Cl)cc2)c1C1CCN(CC2CCOCC2)CC1)c1ccccc1. The molecule has 3 heterocycles. The maximum atomic E-state index is 13.8. The zero-order valence-corrected chi connectivity index (χ0v) is 23.3. The maximum absolute atomic E-state index is 13.8. The smallest absolute Gasteiger partial charge is 0.257 e. The van der Waals surface area contributed by atoms with Crippen molar-refractivity contribution in [2.45, 2.75) is 44.4 Å². The summed E-state index contributed by atoms with van der Waals surface area (Å²) >= 11 is 6.18. The van der Waals surface area contributed by atoms with Crippen molar-refractivity contribution in [3.63, 3.8) is 0 Å². The highest BCUT2D eigenvalue weighted by atomic mass is 35.5. The predicted molar refractivity (Wildman–Crippen MR) is 152 cm³/mol. The molecule has 0 saturated carbocycles. The molecular weight excluding hydrogens is 496 g/mol. The Morgan fingerprint density at radius 3 is 2.42 bits per heavy atom. The molecule has 1 atom stereocenters. The summed E-state index contributed by atoms with van der Waals surface area (Å²) < 4.78 is 7.52. The Hall–Kier alpha value is -2.67. The second-order valence-electron chi connectivity index (χ2n) is 11.0. The van der Waals surface area contributed by atoms with Gasteiger partial charge in [-0.05, 0) is 80.4 Å². The minimum absolute atomic E-state index is 0.0348. The summed E-state index contributed by atoms with van der Waals surface area (Å²) in [5.74, 6) is 1.29. The van der Waals surface area contributed by atoms with Crippen molar-refractivity contribution in [2.75, 3.05) is 46.4 Å². The summed E-state index contributed by atoms with van der Waals surface area (Å²) in [6, 6.07) is 18.1. The van der Waals surface area contributed by atoms with Gasteiger partial charge in [0.1, 0.15) is 0 Å². The molecule has 0 bridgehead atoms.